The van der Waals surface area contributed by atoms with Gasteiger partial charge >= 0.3 is 0 Å². The highest BCUT2D eigenvalue weighted by Crippen LogP contribution is 2.38. The van der Waals surface area contributed by atoms with E-state index in [0.29, 0.717) is 23.3 Å². The number of carbonyl (C=O) groups is 2. The number of nitrogens with one attached hydrogen (secondary N) is 1. The first-order valence-electron chi connectivity index (χ1n) is 10.0. The Bertz CT molecular complexity index is 1060. The summed E-state index contributed by atoms with van der Waals surface area (Å²) in [4.78, 5) is 27.9. The van der Waals surface area contributed by atoms with Gasteiger partial charge in [-0.15, -0.1) is 0 Å². The van der Waals surface area contributed by atoms with Crippen LogP contribution in [0.1, 0.15) is 45.7 Å². The van der Waals surface area contributed by atoms with Gasteiger partial charge < -0.3 is 15.0 Å². The Morgan fingerprint density at radius 3 is 2.40 bits per heavy atom. The molecule has 0 aromatic heterocycles. The van der Waals surface area contributed by atoms with E-state index in [9.17, 15) is 9.59 Å². The van der Waals surface area contributed by atoms with E-state index in [2.05, 4.69) is 5.32 Å². The molecular weight excluding hydrogens is 376 g/mol. The van der Waals surface area contributed by atoms with Crippen molar-refractivity contribution in [3.05, 3.63) is 95.6 Å². The van der Waals surface area contributed by atoms with E-state index in [1.807, 2.05) is 66.4 Å². The van der Waals surface area contributed by atoms with Crippen LogP contribution in [-0.2, 0) is 0 Å². The summed E-state index contributed by atoms with van der Waals surface area (Å²) in [5.74, 6) is 0.448. The van der Waals surface area contributed by atoms with Crippen molar-refractivity contribution in [2.75, 3.05) is 12.0 Å². The Balaban J connectivity index is 1.65. The van der Waals surface area contributed by atoms with Gasteiger partial charge in [0.15, 0.2) is 0 Å². The van der Waals surface area contributed by atoms with Gasteiger partial charge in [0.25, 0.3) is 11.8 Å². The van der Waals surface area contributed by atoms with Gasteiger partial charge in [0, 0.05) is 22.9 Å². The van der Waals surface area contributed by atoms with Crippen LogP contribution >= 0.6 is 0 Å². The second kappa shape index (κ2) is 8.41. The standard InChI is InChI=1S/C25H24N2O3/c1-17-15-22(26-24(28)18-9-4-3-5-10-18)21-13-6-7-14-23(21)27(17)25(29)19-11-8-12-20(16-19)30-2/h3-14,16-17,22H,15H2,1-2H3,(H,26,28). The van der Waals surface area contributed by atoms with E-state index >= 15 is 0 Å². The molecule has 30 heavy (non-hydrogen) atoms. The molecule has 1 aliphatic rings. The van der Waals surface area contributed by atoms with Gasteiger partial charge in [0.1, 0.15) is 5.75 Å². The summed E-state index contributed by atoms with van der Waals surface area (Å²) < 4.78 is 5.27. The number of ether oxygens (including phenoxy) is 1. The Kier molecular flexibility index (Phi) is 5.53. The number of rotatable bonds is 4. The highest BCUT2D eigenvalue weighted by molar-refractivity contribution is 6.07. The molecule has 1 aliphatic heterocycles. The van der Waals surface area contributed by atoms with E-state index in [4.69, 9.17) is 4.74 Å². The molecule has 5 nitrogen and oxygen atoms in total. The van der Waals surface area contributed by atoms with E-state index in [0.717, 1.165) is 11.3 Å². The monoisotopic (exact) mass is 400 g/mol. The second-order valence-corrected chi connectivity index (χ2v) is 7.44. The van der Waals surface area contributed by atoms with Crippen molar-refractivity contribution < 1.29 is 14.3 Å². The number of anilines is 1. The predicted molar refractivity (Wildman–Crippen MR) is 117 cm³/mol. The third-order valence-electron chi connectivity index (χ3n) is 5.47. The Labute approximate surface area is 176 Å². The van der Waals surface area contributed by atoms with Crippen LogP contribution in [-0.4, -0.2) is 25.0 Å². The van der Waals surface area contributed by atoms with Crippen LogP contribution in [0.4, 0.5) is 5.69 Å². The van der Waals surface area contributed by atoms with Gasteiger partial charge in [0.2, 0.25) is 0 Å². The maximum absolute atomic E-state index is 13.4. The summed E-state index contributed by atoms with van der Waals surface area (Å²) in [5.41, 5.74) is 2.96. The number of carbonyl (C=O) groups excluding carboxylic acids is 2. The van der Waals surface area contributed by atoms with Gasteiger partial charge in [-0.1, -0.05) is 42.5 Å². The topological polar surface area (TPSA) is 58.6 Å². The van der Waals surface area contributed by atoms with E-state index in [1.54, 1.807) is 31.4 Å². The van der Waals surface area contributed by atoms with Crippen LogP contribution < -0.4 is 15.0 Å². The SMILES string of the molecule is COc1cccc(C(=O)N2c3ccccc3C(NC(=O)c3ccccc3)CC2C)c1. The van der Waals surface area contributed by atoms with Crippen molar-refractivity contribution in [2.24, 2.45) is 0 Å². The summed E-state index contributed by atoms with van der Waals surface area (Å²) in [6.45, 7) is 2.01. The first-order valence-corrected chi connectivity index (χ1v) is 10.0. The lowest BCUT2D eigenvalue weighted by molar-refractivity contribution is 0.0929. The molecule has 2 atom stereocenters. The summed E-state index contributed by atoms with van der Waals surface area (Å²) in [6, 6.07) is 23.9. The van der Waals surface area contributed by atoms with E-state index < -0.39 is 0 Å². The first kappa shape index (κ1) is 19.7. The van der Waals surface area contributed by atoms with E-state index in [1.165, 1.54) is 0 Å². The molecular formula is C25H24N2O3. The fourth-order valence-electron chi connectivity index (χ4n) is 3.99. The minimum atomic E-state index is -0.168. The average Bonchev–Trinajstić information content (AvgIpc) is 2.79. The van der Waals surface area contributed by atoms with Gasteiger partial charge in [-0.2, -0.15) is 0 Å². The summed E-state index contributed by atoms with van der Waals surface area (Å²) in [7, 11) is 1.59. The maximum atomic E-state index is 13.4. The van der Waals surface area contributed by atoms with Crippen molar-refractivity contribution in [2.45, 2.75) is 25.4 Å². The number of hydrogen-bond acceptors (Lipinski definition) is 3. The maximum Gasteiger partial charge on any atom is 0.258 e. The molecule has 1 heterocycles. The zero-order valence-electron chi connectivity index (χ0n) is 17.0. The molecule has 2 unspecified atom stereocenters. The smallest absolute Gasteiger partial charge is 0.258 e. The highest BCUT2D eigenvalue weighted by Gasteiger charge is 2.34. The van der Waals surface area contributed by atoms with Crippen LogP contribution in [0.3, 0.4) is 0 Å². The van der Waals surface area contributed by atoms with Crippen molar-refractivity contribution in [1.82, 2.24) is 5.32 Å². The average molecular weight is 400 g/mol. The molecule has 0 radical (unpaired) electrons. The van der Waals surface area contributed by atoms with Crippen molar-refractivity contribution in [1.29, 1.82) is 0 Å². The zero-order valence-corrected chi connectivity index (χ0v) is 17.0. The number of methoxy groups -OCH3 is 1. The van der Waals surface area contributed by atoms with Crippen LogP contribution in [0.15, 0.2) is 78.9 Å². The highest BCUT2D eigenvalue weighted by atomic mass is 16.5. The number of fused-ring (bicyclic) bond motifs is 1. The minimum absolute atomic E-state index is 0.0818. The Morgan fingerprint density at radius 1 is 0.933 bits per heavy atom. The molecule has 0 spiro atoms. The third kappa shape index (κ3) is 3.79. The molecule has 3 aromatic carbocycles. The lowest BCUT2D eigenvalue weighted by Gasteiger charge is -2.39. The molecule has 4 rings (SSSR count). The predicted octanol–water partition coefficient (Wildman–Crippen LogP) is 4.61. The van der Waals surface area contributed by atoms with Gasteiger partial charge in [0.05, 0.1) is 13.2 Å². The first-order chi connectivity index (χ1) is 14.6. The van der Waals surface area contributed by atoms with Crippen molar-refractivity contribution >= 4 is 17.5 Å². The van der Waals surface area contributed by atoms with Crippen molar-refractivity contribution in [3.63, 3.8) is 0 Å². The molecule has 0 saturated carbocycles. The number of amides is 2. The van der Waals surface area contributed by atoms with Crippen LogP contribution in [0, 0.1) is 0 Å². The van der Waals surface area contributed by atoms with Crippen molar-refractivity contribution in [3.8, 4) is 5.75 Å². The Morgan fingerprint density at radius 2 is 1.63 bits per heavy atom. The molecule has 0 bridgehead atoms. The van der Waals surface area contributed by atoms with Crippen LogP contribution in [0.5, 0.6) is 5.75 Å². The van der Waals surface area contributed by atoms with Gasteiger partial charge in [-0.05, 0) is 55.3 Å². The van der Waals surface area contributed by atoms with Gasteiger partial charge in [-0.3, -0.25) is 9.59 Å². The second-order valence-electron chi connectivity index (χ2n) is 7.44. The third-order valence-corrected chi connectivity index (χ3v) is 5.47. The number of nitrogens with zero attached hydrogens (tertiary/aromatic N) is 1. The molecule has 152 valence electrons. The summed E-state index contributed by atoms with van der Waals surface area (Å²) >= 11 is 0. The normalized spacial score (nSPS) is 17.7. The lowest BCUT2D eigenvalue weighted by Crippen LogP contribution is -2.46. The lowest BCUT2D eigenvalue weighted by atomic mass is 9.90. The summed E-state index contributed by atoms with van der Waals surface area (Å²) in [5, 5.41) is 3.14. The fraction of sp³-hybridized carbons (Fsp3) is 0.200. The molecule has 3 aromatic rings. The zero-order chi connectivity index (χ0) is 21.1. The molecule has 5 heteroatoms. The quantitative estimate of drug-likeness (QED) is 0.696. The number of para-hydroxylation sites is 1. The van der Waals surface area contributed by atoms with Crippen LogP contribution in [0.25, 0.3) is 0 Å². The van der Waals surface area contributed by atoms with E-state index in [-0.39, 0.29) is 23.9 Å². The number of benzene rings is 3. The molecule has 1 N–H and O–H groups in total. The van der Waals surface area contributed by atoms with Crippen LogP contribution in [0.2, 0.25) is 0 Å². The molecule has 0 fully saturated rings. The number of hydrogen-bond donors (Lipinski definition) is 1. The molecule has 2 amide bonds. The Hall–Kier alpha value is -3.60. The molecule has 0 saturated heterocycles. The summed E-state index contributed by atoms with van der Waals surface area (Å²) in [6.07, 6.45) is 0.630. The van der Waals surface area contributed by atoms with Gasteiger partial charge in [-0.25, -0.2) is 0 Å². The largest absolute Gasteiger partial charge is 0.497 e. The molecule has 0 aliphatic carbocycles. The fourth-order valence-corrected chi connectivity index (χ4v) is 3.99. The minimum Gasteiger partial charge on any atom is -0.497 e.